The van der Waals surface area contributed by atoms with Gasteiger partial charge in [-0.05, 0) is 91.4 Å². The van der Waals surface area contributed by atoms with E-state index in [-0.39, 0.29) is 16.7 Å². The Morgan fingerprint density at radius 1 is 1.00 bits per heavy atom. The third kappa shape index (κ3) is 3.49. The molecule has 3 N–H and O–H groups in total. The van der Waals surface area contributed by atoms with Gasteiger partial charge in [0.1, 0.15) is 0 Å². The average molecular weight is 431 g/mol. The van der Waals surface area contributed by atoms with Crippen molar-refractivity contribution in [3.8, 4) is 0 Å². The van der Waals surface area contributed by atoms with Gasteiger partial charge in [0.25, 0.3) is 0 Å². The molecular weight excluding hydrogens is 384 g/mol. The van der Waals surface area contributed by atoms with Crippen molar-refractivity contribution in [1.29, 1.82) is 0 Å². The van der Waals surface area contributed by atoms with Crippen LogP contribution in [0, 0.1) is 46.3 Å². The van der Waals surface area contributed by atoms with Crippen LogP contribution in [-0.4, -0.2) is 33.1 Å². The lowest BCUT2D eigenvalue weighted by Gasteiger charge is -2.62. The molecule has 4 rings (SSSR count). The topological polar surface area (TPSA) is 60.7 Å². The minimum Gasteiger partial charge on any atom is -0.390 e. The zero-order chi connectivity index (χ0) is 22.8. The van der Waals surface area contributed by atoms with Crippen LogP contribution in [0.2, 0.25) is 0 Å². The zero-order valence-corrected chi connectivity index (χ0v) is 20.6. The number of allylic oxidation sites excluding steroid dienone is 3. The molecule has 3 nitrogen and oxygen atoms in total. The molecule has 0 aromatic carbocycles. The van der Waals surface area contributed by atoms with Crippen LogP contribution >= 0.6 is 0 Å². The van der Waals surface area contributed by atoms with Crippen LogP contribution in [-0.2, 0) is 0 Å². The Balaban J connectivity index is 1.60. The number of fused-ring (bicyclic) bond motifs is 5. The molecule has 0 amide bonds. The second kappa shape index (κ2) is 7.99. The maximum atomic E-state index is 12.2. The van der Waals surface area contributed by atoms with E-state index in [1.54, 1.807) is 0 Å². The lowest BCUT2D eigenvalue weighted by molar-refractivity contribution is -0.180. The smallest absolute Gasteiger partial charge is 0.0916 e. The Morgan fingerprint density at radius 2 is 1.71 bits per heavy atom. The first-order valence-corrected chi connectivity index (χ1v) is 12.9. The lowest BCUT2D eigenvalue weighted by atomic mass is 9.45. The first-order valence-electron chi connectivity index (χ1n) is 12.9. The first-order chi connectivity index (χ1) is 14.4. The molecule has 0 aromatic heterocycles. The highest BCUT2D eigenvalue weighted by Crippen LogP contribution is 2.68. The van der Waals surface area contributed by atoms with Gasteiger partial charge in [0.2, 0.25) is 0 Å². The van der Waals surface area contributed by atoms with Crippen molar-refractivity contribution in [1.82, 2.24) is 0 Å². The number of rotatable bonds is 4. The maximum Gasteiger partial charge on any atom is 0.0916 e. The largest absolute Gasteiger partial charge is 0.390 e. The predicted octanol–water partition coefficient (Wildman–Crippen LogP) is 5.50. The van der Waals surface area contributed by atoms with Gasteiger partial charge in [0.05, 0.1) is 17.8 Å². The van der Waals surface area contributed by atoms with Crippen LogP contribution in [0.4, 0.5) is 0 Å². The van der Waals surface area contributed by atoms with Crippen molar-refractivity contribution in [3.05, 3.63) is 23.8 Å². The molecule has 3 fully saturated rings. The van der Waals surface area contributed by atoms with E-state index in [1.807, 2.05) is 0 Å². The summed E-state index contributed by atoms with van der Waals surface area (Å²) in [5.74, 6) is 3.18. The van der Waals surface area contributed by atoms with Gasteiger partial charge in [-0.25, -0.2) is 0 Å². The standard InChI is InChI=1S/C28H46O3/c1-17(2)18(3)7-8-19(4)21-11-12-22-23-10-9-20-15-24(29)25(30)16-27(20,6)28(23,31)14-13-26(21,22)5/h7-8,10,17-22,24-25,29-31H,9,11-16H2,1-6H3/t18-,19+,20?,21+,22-,24-,25-,26+,27-,28+/m0/s1. The Morgan fingerprint density at radius 3 is 2.39 bits per heavy atom. The van der Waals surface area contributed by atoms with E-state index in [0.717, 1.165) is 19.3 Å². The van der Waals surface area contributed by atoms with Gasteiger partial charge in [0.15, 0.2) is 0 Å². The zero-order valence-electron chi connectivity index (χ0n) is 20.6. The second-order valence-corrected chi connectivity index (χ2v) is 12.5. The quantitative estimate of drug-likeness (QED) is 0.516. The van der Waals surface area contributed by atoms with E-state index in [9.17, 15) is 15.3 Å². The van der Waals surface area contributed by atoms with E-state index in [0.29, 0.717) is 42.4 Å². The highest BCUT2D eigenvalue weighted by atomic mass is 16.3. The average Bonchev–Trinajstić information content (AvgIpc) is 3.05. The summed E-state index contributed by atoms with van der Waals surface area (Å²) in [5.41, 5.74) is 0.339. The number of hydrogen-bond acceptors (Lipinski definition) is 3. The molecule has 1 unspecified atom stereocenters. The van der Waals surface area contributed by atoms with E-state index in [2.05, 4.69) is 59.8 Å². The fraction of sp³-hybridized carbons (Fsp3) is 0.857. The van der Waals surface area contributed by atoms with Crippen molar-refractivity contribution in [2.24, 2.45) is 46.3 Å². The maximum absolute atomic E-state index is 12.2. The monoisotopic (exact) mass is 430 g/mol. The molecule has 176 valence electrons. The van der Waals surface area contributed by atoms with Crippen molar-refractivity contribution in [2.45, 2.75) is 104 Å². The fourth-order valence-electron chi connectivity index (χ4n) is 8.09. The van der Waals surface area contributed by atoms with Crippen molar-refractivity contribution < 1.29 is 15.3 Å². The summed E-state index contributed by atoms with van der Waals surface area (Å²) in [6.45, 7) is 14.0. The van der Waals surface area contributed by atoms with Crippen LogP contribution in [0.25, 0.3) is 0 Å². The summed E-state index contributed by atoms with van der Waals surface area (Å²) in [5, 5.41) is 33.0. The van der Waals surface area contributed by atoms with Gasteiger partial charge in [-0.1, -0.05) is 59.8 Å². The molecule has 4 aliphatic rings. The Kier molecular flexibility index (Phi) is 6.06. The molecule has 0 bridgehead atoms. The van der Waals surface area contributed by atoms with Crippen LogP contribution < -0.4 is 0 Å². The van der Waals surface area contributed by atoms with Crippen LogP contribution in [0.1, 0.15) is 86.5 Å². The fourth-order valence-corrected chi connectivity index (χ4v) is 8.09. The molecule has 0 spiro atoms. The molecule has 10 atom stereocenters. The molecule has 0 heterocycles. The van der Waals surface area contributed by atoms with Crippen LogP contribution in [0.3, 0.4) is 0 Å². The molecule has 0 aliphatic heterocycles. The van der Waals surface area contributed by atoms with Gasteiger partial charge in [0, 0.05) is 5.41 Å². The predicted molar refractivity (Wildman–Crippen MR) is 126 cm³/mol. The van der Waals surface area contributed by atoms with Gasteiger partial charge < -0.3 is 15.3 Å². The van der Waals surface area contributed by atoms with Crippen molar-refractivity contribution in [2.75, 3.05) is 0 Å². The Bertz CT molecular complexity index is 741. The molecule has 4 aliphatic carbocycles. The molecule has 31 heavy (non-hydrogen) atoms. The third-order valence-electron chi connectivity index (χ3n) is 10.8. The summed E-state index contributed by atoms with van der Waals surface area (Å²) >= 11 is 0. The van der Waals surface area contributed by atoms with Gasteiger partial charge >= 0.3 is 0 Å². The normalized spacial score (nSPS) is 49.4. The number of aliphatic hydroxyl groups excluding tert-OH is 2. The molecule has 0 radical (unpaired) electrons. The lowest BCUT2D eigenvalue weighted by Crippen LogP contribution is -2.63. The summed E-state index contributed by atoms with van der Waals surface area (Å²) in [7, 11) is 0. The molecule has 3 heteroatoms. The van der Waals surface area contributed by atoms with Gasteiger partial charge in [-0.3, -0.25) is 0 Å². The highest BCUT2D eigenvalue weighted by Gasteiger charge is 2.65. The van der Waals surface area contributed by atoms with Crippen LogP contribution in [0.5, 0.6) is 0 Å². The van der Waals surface area contributed by atoms with E-state index in [4.69, 9.17) is 0 Å². The highest BCUT2D eigenvalue weighted by molar-refractivity contribution is 5.35. The molecular formula is C28H46O3. The molecule has 3 saturated carbocycles. The first kappa shape index (κ1) is 23.5. The summed E-state index contributed by atoms with van der Waals surface area (Å²) < 4.78 is 0. The molecule has 0 aromatic rings. The minimum absolute atomic E-state index is 0.235. The SMILES string of the molecule is CC(C)[C@@H](C)C=C[C@@H](C)[C@H]1CC[C@H]2C3=CCC4C[C@H](O)[C@@H](O)C[C@]4(C)[C@@]3(O)CC[C@]12C. The number of aliphatic hydroxyl groups is 3. The summed E-state index contributed by atoms with van der Waals surface area (Å²) in [6, 6.07) is 0. The van der Waals surface area contributed by atoms with Crippen molar-refractivity contribution >= 4 is 0 Å². The molecule has 0 saturated heterocycles. The van der Waals surface area contributed by atoms with E-state index < -0.39 is 17.8 Å². The third-order valence-corrected chi connectivity index (χ3v) is 10.8. The second-order valence-electron chi connectivity index (χ2n) is 12.5. The summed E-state index contributed by atoms with van der Waals surface area (Å²) in [4.78, 5) is 0. The van der Waals surface area contributed by atoms with Crippen LogP contribution in [0.15, 0.2) is 23.8 Å². The Hall–Kier alpha value is -0.640. The number of hydrogen-bond donors (Lipinski definition) is 3. The van der Waals surface area contributed by atoms with Gasteiger partial charge in [-0.15, -0.1) is 0 Å². The summed E-state index contributed by atoms with van der Waals surface area (Å²) in [6.07, 6.45) is 12.1. The Labute approximate surface area is 190 Å². The minimum atomic E-state index is -0.832. The van der Waals surface area contributed by atoms with Gasteiger partial charge in [-0.2, -0.15) is 0 Å². The van der Waals surface area contributed by atoms with E-state index in [1.165, 1.54) is 18.4 Å². The van der Waals surface area contributed by atoms with E-state index >= 15 is 0 Å². The van der Waals surface area contributed by atoms with Crippen molar-refractivity contribution in [3.63, 3.8) is 0 Å².